The maximum Gasteiger partial charge on any atom is 0.309 e. The summed E-state index contributed by atoms with van der Waals surface area (Å²) in [5, 5.41) is 5.23. The van der Waals surface area contributed by atoms with Crippen molar-refractivity contribution in [2.45, 2.75) is 25.9 Å². The number of carbonyl (C=O) groups is 2. The van der Waals surface area contributed by atoms with E-state index in [9.17, 15) is 9.59 Å². The minimum Gasteiger partial charge on any atom is -0.469 e. The van der Waals surface area contributed by atoms with Crippen LogP contribution in [0.5, 0.6) is 0 Å². The van der Waals surface area contributed by atoms with Gasteiger partial charge in [-0.15, -0.1) is 0 Å². The Morgan fingerprint density at radius 3 is 2.52 bits per heavy atom. The number of benzene rings is 1. The standard InChI is InChI=1S/C16H18N2O3/c1-12(10-14-8-5-9-21-14)18-16(20)15(19)17-11-13-6-3-2-4-7-13/h2-9,12H,10-11H2,1H3,(H,17,19)(H,18,20)/t12-/m1/s1. The molecule has 1 atom stereocenters. The van der Waals surface area contributed by atoms with E-state index in [2.05, 4.69) is 10.6 Å². The number of hydrogen-bond acceptors (Lipinski definition) is 3. The quantitative estimate of drug-likeness (QED) is 0.821. The topological polar surface area (TPSA) is 71.3 Å². The van der Waals surface area contributed by atoms with E-state index < -0.39 is 11.8 Å². The number of hydrogen-bond donors (Lipinski definition) is 2. The van der Waals surface area contributed by atoms with Crippen LogP contribution in [0, 0.1) is 0 Å². The zero-order valence-corrected chi connectivity index (χ0v) is 11.8. The minimum absolute atomic E-state index is 0.175. The van der Waals surface area contributed by atoms with E-state index in [4.69, 9.17) is 4.42 Å². The largest absolute Gasteiger partial charge is 0.469 e. The molecule has 5 nitrogen and oxygen atoms in total. The van der Waals surface area contributed by atoms with Gasteiger partial charge in [0.15, 0.2) is 0 Å². The maximum absolute atomic E-state index is 11.7. The van der Waals surface area contributed by atoms with Gasteiger partial charge in [-0.2, -0.15) is 0 Å². The summed E-state index contributed by atoms with van der Waals surface area (Å²) in [4.78, 5) is 23.5. The van der Waals surface area contributed by atoms with Gasteiger partial charge in [-0.3, -0.25) is 9.59 Å². The monoisotopic (exact) mass is 286 g/mol. The van der Waals surface area contributed by atoms with Crippen LogP contribution in [0.25, 0.3) is 0 Å². The molecule has 0 saturated heterocycles. The van der Waals surface area contributed by atoms with E-state index in [1.807, 2.05) is 43.3 Å². The summed E-state index contributed by atoms with van der Waals surface area (Å²) in [5.74, 6) is -0.498. The van der Waals surface area contributed by atoms with Crippen LogP contribution < -0.4 is 10.6 Å². The van der Waals surface area contributed by atoms with Crippen molar-refractivity contribution in [1.29, 1.82) is 0 Å². The Bertz CT molecular complexity index is 579. The number of nitrogens with one attached hydrogen (secondary N) is 2. The summed E-state index contributed by atoms with van der Waals surface area (Å²) < 4.78 is 5.20. The van der Waals surface area contributed by atoms with Gasteiger partial charge in [0.1, 0.15) is 5.76 Å². The van der Waals surface area contributed by atoms with Crippen LogP contribution in [0.4, 0.5) is 0 Å². The first kappa shape index (κ1) is 14.8. The van der Waals surface area contributed by atoms with Crippen LogP contribution in [0.3, 0.4) is 0 Å². The number of amides is 2. The Morgan fingerprint density at radius 1 is 1.10 bits per heavy atom. The van der Waals surface area contributed by atoms with Crippen LogP contribution in [0.2, 0.25) is 0 Å². The summed E-state index contributed by atoms with van der Waals surface area (Å²) in [6, 6.07) is 12.9. The van der Waals surface area contributed by atoms with Crippen molar-refractivity contribution in [3.8, 4) is 0 Å². The van der Waals surface area contributed by atoms with Crippen molar-refractivity contribution in [2.75, 3.05) is 0 Å². The fraction of sp³-hybridized carbons (Fsp3) is 0.250. The highest BCUT2D eigenvalue weighted by Gasteiger charge is 2.16. The van der Waals surface area contributed by atoms with Crippen LogP contribution in [0.1, 0.15) is 18.2 Å². The van der Waals surface area contributed by atoms with Crippen molar-refractivity contribution in [2.24, 2.45) is 0 Å². The van der Waals surface area contributed by atoms with Gasteiger partial charge in [-0.25, -0.2) is 0 Å². The lowest BCUT2D eigenvalue weighted by atomic mass is 10.2. The summed E-state index contributed by atoms with van der Waals surface area (Å²) in [6.45, 7) is 2.16. The van der Waals surface area contributed by atoms with E-state index >= 15 is 0 Å². The summed E-state index contributed by atoms with van der Waals surface area (Å²) >= 11 is 0. The molecule has 21 heavy (non-hydrogen) atoms. The molecule has 1 aromatic heterocycles. The Balaban J connectivity index is 1.75. The van der Waals surface area contributed by atoms with Gasteiger partial charge in [-0.1, -0.05) is 30.3 Å². The highest BCUT2D eigenvalue weighted by Crippen LogP contribution is 2.03. The molecule has 2 rings (SSSR count). The van der Waals surface area contributed by atoms with Gasteiger partial charge in [0, 0.05) is 19.0 Å². The Morgan fingerprint density at radius 2 is 1.86 bits per heavy atom. The third-order valence-corrected chi connectivity index (χ3v) is 2.97. The van der Waals surface area contributed by atoms with E-state index in [1.54, 1.807) is 12.3 Å². The normalized spacial score (nSPS) is 11.7. The molecular weight excluding hydrogens is 268 g/mol. The van der Waals surface area contributed by atoms with Gasteiger partial charge in [0.05, 0.1) is 6.26 Å². The molecule has 1 aromatic carbocycles. The van der Waals surface area contributed by atoms with E-state index in [-0.39, 0.29) is 6.04 Å². The van der Waals surface area contributed by atoms with Gasteiger partial charge in [0.25, 0.3) is 0 Å². The molecule has 110 valence electrons. The second-order valence-electron chi connectivity index (χ2n) is 4.83. The number of furan rings is 1. The SMILES string of the molecule is C[C@H](Cc1ccco1)NC(=O)C(=O)NCc1ccccc1. The molecule has 0 radical (unpaired) electrons. The Kier molecular flexibility index (Phi) is 5.15. The predicted molar refractivity (Wildman–Crippen MR) is 78.3 cm³/mol. The molecule has 0 bridgehead atoms. The smallest absolute Gasteiger partial charge is 0.309 e. The van der Waals surface area contributed by atoms with Gasteiger partial charge in [0.2, 0.25) is 0 Å². The lowest BCUT2D eigenvalue weighted by Crippen LogP contribution is -2.44. The average molecular weight is 286 g/mol. The summed E-state index contributed by atoms with van der Waals surface area (Å²) in [5.41, 5.74) is 0.947. The molecule has 0 aliphatic carbocycles. The molecule has 0 unspecified atom stereocenters. The predicted octanol–water partition coefficient (Wildman–Crippen LogP) is 1.64. The molecule has 1 heterocycles. The van der Waals surface area contributed by atoms with E-state index in [0.29, 0.717) is 13.0 Å². The molecule has 0 fully saturated rings. The third-order valence-electron chi connectivity index (χ3n) is 2.97. The zero-order valence-electron chi connectivity index (χ0n) is 11.8. The van der Waals surface area contributed by atoms with Crippen molar-refractivity contribution in [3.63, 3.8) is 0 Å². The van der Waals surface area contributed by atoms with Crippen molar-refractivity contribution in [3.05, 3.63) is 60.1 Å². The van der Waals surface area contributed by atoms with Crippen LogP contribution in [0.15, 0.2) is 53.1 Å². The van der Waals surface area contributed by atoms with Crippen molar-refractivity contribution in [1.82, 2.24) is 10.6 Å². The van der Waals surface area contributed by atoms with Gasteiger partial charge >= 0.3 is 11.8 Å². The maximum atomic E-state index is 11.7. The van der Waals surface area contributed by atoms with E-state index in [1.165, 1.54) is 0 Å². The molecule has 2 aromatic rings. The fourth-order valence-corrected chi connectivity index (χ4v) is 1.93. The van der Waals surface area contributed by atoms with Gasteiger partial charge in [-0.05, 0) is 24.6 Å². The van der Waals surface area contributed by atoms with Crippen LogP contribution >= 0.6 is 0 Å². The molecule has 0 spiro atoms. The third kappa shape index (κ3) is 4.80. The molecule has 5 heteroatoms. The average Bonchev–Trinajstić information content (AvgIpc) is 2.98. The Labute approximate surface area is 123 Å². The first-order valence-corrected chi connectivity index (χ1v) is 6.80. The molecule has 2 amide bonds. The number of rotatable bonds is 5. The van der Waals surface area contributed by atoms with Crippen LogP contribution in [-0.2, 0) is 22.6 Å². The van der Waals surface area contributed by atoms with E-state index in [0.717, 1.165) is 11.3 Å². The Hall–Kier alpha value is -2.56. The summed E-state index contributed by atoms with van der Waals surface area (Å²) in [6.07, 6.45) is 2.13. The van der Waals surface area contributed by atoms with Crippen molar-refractivity contribution < 1.29 is 14.0 Å². The highest BCUT2D eigenvalue weighted by molar-refractivity contribution is 6.35. The minimum atomic E-state index is -0.634. The number of carbonyl (C=O) groups excluding carboxylic acids is 2. The van der Waals surface area contributed by atoms with Crippen LogP contribution in [-0.4, -0.2) is 17.9 Å². The molecule has 0 saturated carbocycles. The first-order chi connectivity index (χ1) is 10.1. The summed E-state index contributed by atoms with van der Waals surface area (Å²) in [7, 11) is 0. The first-order valence-electron chi connectivity index (χ1n) is 6.80. The second kappa shape index (κ2) is 7.28. The lowest BCUT2D eigenvalue weighted by molar-refractivity contribution is -0.139. The highest BCUT2D eigenvalue weighted by atomic mass is 16.3. The lowest BCUT2D eigenvalue weighted by Gasteiger charge is -2.12. The molecule has 2 N–H and O–H groups in total. The fourth-order valence-electron chi connectivity index (χ4n) is 1.93. The molecule has 0 aliphatic rings. The second-order valence-corrected chi connectivity index (χ2v) is 4.83. The molecular formula is C16H18N2O3. The molecule has 0 aliphatic heterocycles. The van der Waals surface area contributed by atoms with Gasteiger partial charge < -0.3 is 15.1 Å². The van der Waals surface area contributed by atoms with Crippen molar-refractivity contribution >= 4 is 11.8 Å². The zero-order chi connectivity index (χ0) is 15.1.